The first kappa shape index (κ1) is 13.8. The lowest BCUT2D eigenvalue weighted by atomic mass is 10.2. The van der Waals surface area contributed by atoms with Gasteiger partial charge >= 0.3 is 0 Å². The van der Waals surface area contributed by atoms with Gasteiger partial charge in [-0.1, -0.05) is 0 Å². The first-order valence-electron chi connectivity index (χ1n) is 6.07. The molecule has 0 aliphatic rings. The average Bonchev–Trinajstić information content (AvgIpc) is 2.98. The summed E-state index contributed by atoms with van der Waals surface area (Å²) in [5.41, 5.74) is 6.27. The second-order valence-corrected chi connectivity index (χ2v) is 4.27. The number of aliphatic hydroxyl groups is 1. The Labute approximate surface area is 115 Å². The summed E-state index contributed by atoms with van der Waals surface area (Å²) in [6.07, 6.45) is 2.43. The fourth-order valence-corrected chi connectivity index (χ4v) is 1.68. The maximum atomic E-state index is 11.8. The zero-order chi connectivity index (χ0) is 14.5. The molecule has 1 unspecified atom stereocenters. The van der Waals surface area contributed by atoms with Gasteiger partial charge in [-0.25, -0.2) is 0 Å². The normalized spacial score (nSPS) is 11.8. The van der Waals surface area contributed by atoms with Gasteiger partial charge in [-0.2, -0.15) is 0 Å². The van der Waals surface area contributed by atoms with Crippen molar-refractivity contribution in [3.05, 3.63) is 54.4 Å². The topological polar surface area (TPSA) is 97.4 Å². The lowest BCUT2D eigenvalue weighted by Crippen LogP contribution is -2.39. The molecule has 1 aromatic carbocycles. The average molecular weight is 273 g/mol. The van der Waals surface area contributed by atoms with E-state index in [1.54, 1.807) is 24.3 Å². The molecule has 2 rings (SSSR count). The van der Waals surface area contributed by atoms with Gasteiger partial charge in [0.05, 0.1) is 6.54 Å². The zero-order valence-electron chi connectivity index (χ0n) is 10.7. The van der Waals surface area contributed by atoms with Crippen LogP contribution in [-0.2, 0) is 4.79 Å². The summed E-state index contributed by atoms with van der Waals surface area (Å²) in [5, 5.41) is 11.6. The van der Waals surface area contributed by atoms with Crippen molar-refractivity contribution in [2.45, 2.75) is 6.10 Å². The van der Waals surface area contributed by atoms with Crippen molar-refractivity contribution in [2.75, 3.05) is 6.54 Å². The molecule has 0 spiro atoms. The van der Waals surface area contributed by atoms with Crippen LogP contribution in [-0.4, -0.2) is 34.1 Å². The van der Waals surface area contributed by atoms with E-state index in [1.165, 1.54) is 0 Å². The van der Waals surface area contributed by atoms with Gasteiger partial charge in [0, 0.05) is 23.6 Å². The molecule has 1 aromatic heterocycles. The molecule has 0 saturated carbocycles. The van der Waals surface area contributed by atoms with Crippen molar-refractivity contribution >= 4 is 11.8 Å². The van der Waals surface area contributed by atoms with Crippen molar-refractivity contribution in [2.24, 2.45) is 5.73 Å². The van der Waals surface area contributed by atoms with E-state index >= 15 is 0 Å². The minimum Gasteiger partial charge on any atom is -0.381 e. The van der Waals surface area contributed by atoms with Gasteiger partial charge < -0.3 is 20.7 Å². The van der Waals surface area contributed by atoms with Crippen LogP contribution in [0.2, 0.25) is 0 Å². The number of rotatable bonds is 5. The lowest BCUT2D eigenvalue weighted by Gasteiger charge is -2.09. The second kappa shape index (κ2) is 6.03. The Morgan fingerprint density at radius 2 is 1.80 bits per heavy atom. The molecule has 0 fully saturated rings. The van der Waals surface area contributed by atoms with Crippen LogP contribution in [0.15, 0.2) is 48.8 Å². The Hall–Kier alpha value is -2.60. The number of carbonyl (C=O) groups excluding carboxylic acids is 2. The maximum absolute atomic E-state index is 11.8. The Bertz CT molecular complexity index is 591. The summed E-state index contributed by atoms with van der Waals surface area (Å²) in [6, 6.07) is 10.8. The molecule has 104 valence electrons. The molecule has 6 nitrogen and oxygen atoms in total. The fourth-order valence-electron chi connectivity index (χ4n) is 1.68. The molecule has 1 atom stereocenters. The van der Waals surface area contributed by atoms with Crippen molar-refractivity contribution in [1.82, 2.24) is 9.88 Å². The maximum Gasteiger partial charge on any atom is 0.251 e. The quantitative estimate of drug-likeness (QED) is 0.718. The highest BCUT2D eigenvalue weighted by Crippen LogP contribution is 2.09. The van der Waals surface area contributed by atoms with Crippen molar-refractivity contribution < 1.29 is 14.7 Å². The van der Waals surface area contributed by atoms with E-state index in [1.807, 2.05) is 29.1 Å². The summed E-state index contributed by atoms with van der Waals surface area (Å²) in [7, 11) is 0. The zero-order valence-corrected chi connectivity index (χ0v) is 10.7. The van der Waals surface area contributed by atoms with Gasteiger partial charge in [0.25, 0.3) is 5.91 Å². The first-order chi connectivity index (χ1) is 9.58. The van der Waals surface area contributed by atoms with Gasteiger partial charge in [0.2, 0.25) is 5.91 Å². The van der Waals surface area contributed by atoms with Crippen molar-refractivity contribution in [3.8, 4) is 5.69 Å². The minimum absolute atomic E-state index is 0.201. The Morgan fingerprint density at radius 1 is 1.20 bits per heavy atom. The third-order valence-corrected chi connectivity index (χ3v) is 2.82. The first-order valence-corrected chi connectivity index (χ1v) is 6.07. The van der Waals surface area contributed by atoms with Crippen LogP contribution >= 0.6 is 0 Å². The predicted octanol–water partition coefficient (Wildman–Crippen LogP) is 0.0533. The van der Waals surface area contributed by atoms with Crippen LogP contribution in [0.4, 0.5) is 0 Å². The number of hydrogen-bond donors (Lipinski definition) is 3. The SMILES string of the molecule is NC(=O)C(O)CNC(=O)c1ccc(-n2cccc2)cc1. The molecular formula is C14H15N3O3. The highest BCUT2D eigenvalue weighted by molar-refractivity contribution is 5.94. The third kappa shape index (κ3) is 3.24. The summed E-state index contributed by atoms with van der Waals surface area (Å²) >= 11 is 0. The largest absolute Gasteiger partial charge is 0.381 e. The summed E-state index contributed by atoms with van der Waals surface area (Å²) in [4.78, 5) is 22.4. The molecule has 20 heavy (non-hydrogen) atoms. The molecule has 2 amide bonds. The molecule has 4 N–H and O–H groups in total. The van der Waals surface area contributed by atoms with Crippen molar-refractivity contribution in [1.29, 1.82) is 0 Å². The number of nitrogens with zero attached hydrogens (tertiary/aromatic N) is 1. The molecular weight excluding hydrogens is 258 g/mol. The van der Waals surface area contributed by atoms with Gasteiger partial charge in [-0.15, -0.1) is 0 Å². The molecule has 1 heterocycles. The van der Waals surface area contributed by atoms with Gasteiger partial charge in [-0.3, -0.25) is 9.59 Å². The van der Waals surface area contributed by atoms with E-state index in [0.717, 1.165) is 5.69 Å². The lowest BCUT2D eigenvalue weighted by molar-refractivity contribution is -0.125. The molecule has 0 aliphatic heterocycles. The third-order valence-electron chi connectivity index (χ3n) is 2.82. The number of carbonyl (C=O) groups is 2. The number of hydrogen-bond acceptors (Lipinski definition) is 3. The van der Waals surface area contributed by atoms with Crippen LogP contribution in [0.5, 0.6) is 0 Å². The van der Waals surface area contributed by atoms with E-state index in [4.69, 9.17) is 5.73 Å². The molecule has 0 radical (unpaired) electrons. The standard InChI is InChI=1S/C14H15N3O3/c15-13(19)12(18)9-16-14(20)10-3-5-11(6-4-10)17-7-1-2-8-17/h1-8,12,18H,9H2,(H2,15,19)(H,16,20). The molecule has 2 aromatic rings. The van der Waals surface area contributed by atoms with Crippen LogP contribution in [0.3, 0.4) is 0 Å². The number of benzene rings is 1. The number of nitrogens with one attached hydrogen (secondary N) is 1. The second-order valence-electron chi connectivity index (χ2n) is 4.27. The number of aliphatic hydroxyl groups excluding tert-OH is 1. The monoisotopic (exact) mass is 273 g/mol. The van der Waals surface area contributed by atoms with Crippen molar-refractivity contribution in [3.63, 3.8) is 0 Å². The van der Waals surface area contributed by atoms with Gasteiger partial charge in [0.1, 0.15) is 6.10 Å². The van der Waals surface area contributed by atoms with Crippen LogP contribution in [0, 0.1) is 0 Å². The highest BCUT2D eigenvalue weighted by atomic mass is 16.3. The molecule has 0 bridgehead atoms. The number of nitrogens with two attached hydrogens (primary N) is 1. The summed E-state index contributed by atoms with van der Waals surface area (Å²) in [6.45, 7) is -0.201. The number of amides is 2. The van der Waals surface area contributed by atoms with Crippen LogP contribution in [0.1, 0.15) is 10.4 Å². The van der Waals surface area contributed by atoms with Gasteiger partial charge in [0.15, 0.2) is 0 Å². The van der Waals surface area contributed by atoms with Crippen LogP contribution in [0.25, 0.3) is 5.69 Å². The Balaban J connectivity index is 1.99. The Kier molecular flexibility index (Phi) is 4.17. The summed E-state index contributed by atoms with van der Waals surface area (Å²) in [5.74, 6) is -1.24. The highest BCUT2D eigenvalue weighted by Gasteiger charge is 2.13. The summed E-state index contributed by atoms with van der Waals surface area (Å²) < 4.78 is 1.92. The molecule has 0 saturated heterocycles. The van der Waals surface area contributed by atoms with Gasteiger partial charge in [-0.05, 0) is 36.4 Å². The molecule has 0 aliphatic carbocycles. The molecule has 6 heteroatoms. The van der Waals surface area contributed by atoms with Crippen LogP contribution < -0.4 is 11.1 Å². The van der Waals surface area contributed by atoms with E-state index in [0.29, 0.717) is 5.56 Å². The predicted molar refractivity (Wildman–Crippen MR) is 73.3 cm³/mol. The number of primary amides is 1. The fraction of sp³-hybridized carbons (Fsp3) is 0.143. The van der Waals surface area contributed by atoms with E-state index < -0.39 is 12.0 Å². The van der Waals surface area contributed by atoms with E-state index in [9.17, 15) is 14.7 Å². The Morgan fingerprint density at radius 3 is 2.35 bits per heavy atom. The smallest absolute Gasteiger partial charge is 0.251 e. The number of aromatic nitrogens is 1. The van der Waals surface area contributed by atoms with E-state index in [-0.39, 0.29) is 12.5 Å². The van der Waals surface area contributed by atoms with E-state index in [2.05, 4.69) is 5.32 Å². The minimum atomic E-state index is -1.38.